The number of nitrogens with zero attached hydrogens (tertiary/aromatic N) is 4. The van der Waals surface area contributed by atoms with Crippen molar-refractivity contribution in [1.29, 1.82) is 0 Å². The molecule has 2 aliphatic rings. The van der Waals surface area contributed by atoms with Crippen molar-refractivity contribution in [3.05, 3.63) is 29.8 Å². The molecule has 8 nitrogen and oxygen atoms in total. The Balaban J connectivity index is 0.00000385. The van der Waals surface area contributed by atoms with Crippen molar-refractivity contribution in [1.82, 2.24) is 20.0 Å². The summed E-state index contributed by atoms with van der Waals surface area (Å²) < 4.78 is 11.1. The van der Waals surface area contributed by atoms with Crippen LogP contribution in [0.4, 0.5) is 0 Å². The van der Waals surface area contributed by atoms with Gasteiger partial charge in [0, 0.05) is 52.9 Å². The lowest BCUT2D eigenvalue weighted by molar-refractivity contribution is -0.136. The summed E-state index contributed by atoms with van der Waals surface area (Å²) in [4.78, 5) is 23.4. The van der Waals surface area contributed by atoms with Crippen LogP contribution in [0, 0.1) is 5.92 Å². The van der Waals surface area contributed by atoms with E-state index in [4.69, 9.17) is 9.47 Å². The van der Waals surface area contributed by atoms with Crippen molar-refractivity contribution in [3.63, 3.8) is 0 Å². The lowest BCUT2D eigenvalue weighted by Crippen LogP contribution is -2.55. The fourth-order valence-electron chi connectivity index (χ4n) is 3.89. The molecule has 2 fully saturated rings. The highest BCUT2D eigenvalue weighted by molar-refractivity contribution is 14.0. The topological polar surface area (TPSA) is 69.6 Å². The molecule has 2 heterocycles. The normalized spacial score (nSPS) is 17.6. The number of rotatable bonds is 8. The number of hydrogen-bond donors (Lipinski definition) is 1. The molecule has 0 atom stereocenters. The average molecular weight is 574 g/mol. The van der Waals surface area contributed by atoms with E-state index in [0.717, 1.165) is 57.5 Å². The minimum Gasteiger partial charge on any atom is -0.493 e. The molecule has 1 amide bonds. The number of carbonyl (C=O) groups is 1. The molecule has 9 heteroatoms. The number of nitrogens with one attached hydrogen (secondary N) is 1. The fraction of sp³-hybridized carbons (Fsp3) is 0.667. The van der Waals surface area contributed by atoms with Gasteiger partial charge >= 0.3 is 0 Å². The zero-order valence-corrected chi connectivity index (χ0v) is 22.6. The third-order valence-corrected chi connectivity index (χ3v) is 5.81. The second-order valence-corrected chi connectivity index (χ2v) is 8.83. The lowest BCUT2D eigenvalue weighted by Gasteiger charge is -2.37. The number of ether oxygens (including phenoxy) is 2. The Hall–Kier alpha value is -1.59. The Morgan fingerprint density at radius 3 is 2.33 bits per heavy atom. The van der Waals surface area contributed by atoms with Gasteiger partial charge in [-0.1, -0.05) is 26.0 Å². The van der Waals surface area contributed by atoms with E-state index in [9.17, 15) is 4.79 Å². The van der Waals surface area contributed by atoms with E-state index >= 15 is 0 Å². The van der Waals surface area contributed by atoms with Crippen molar-refractivity contribution in [2.24, 2.45) is 10.9 Å². The molecule has 0 radical (unpaired) electrons. The van der Waals surface area contributed by atoms with Gasteiger partial charge in [-0.15, -0.1) is 24.0 Å². The molecule has 1 N–H and O–H groups in total. The molecule has 1 aromatic rings. The van der Waals surface area contributed by atoms with Gasteiger partial charge in [-0.25, -0.2) is 0 Å². The minimum absolute atomic E-state index is 0. The summed E-state index contributed by atoms with van der Waals surface area (Å²) in [5.41, 5.74) is 1.27. The van der Waals surface area contributed by atoms with E-state index in [1.54, 1.807) is 0 Å². The van der Waals surface area contributed by atoms with E-state index in [-0.39, 0.29) is 29.9 Å². The summed E-state index contributed by atoms with van der Waals surface area (Å²) in [6, 6.07) is 8.35. The monoisotopic (exact) mass is 573 g/mol. The van der Waals surface area contributed by atoms with E-state index in [0.29, 0.717) is 38.8 Å². The van der Waals surface area contributed by atoms with Crippen molar-refractivity contribution >= 4 is 35.8 Å². The summed E-state index contributed by atoms with van der Waals surface area (Å²) in [5, 5.41) is 3.49. The fourth-order valence-corrected chi connectivity index (χ4v) is 3.89. The van der Waals surface area contributed by atoms with Crippen LogP contribution in [0.1, 0.15) is 19.4 Å². The number of carbonyl (C=O) groups excluding carboxylic acids is 1. The quantitative estimate of drug-likeness (QED) is 0.292. The molecule has 0 bridgehead atoms. The van der Waals surface area contributed by atoms with E-state index in [1.807, 2.05) is 24.1 Å². The maximum atomic E-state index is 12.5. The average Bonchev–Trinajstić information content (AvgIpc) is 2.82. The van der Waals surface area contributed by atoms with Crippen LogP contribution in [0.3, 0.4) is 0 Å². The van der Waals surface area contributed by atoms with E-state index < -0.39 is 0 Å². The van der Waals surface area contributed by atoms with Crippen LogP contribution in [0.5, 0.6) is 5.75 Å². The molecule has 33 heavy (non-hydrogen) atoms. The second-order valence-electron chi connectivity index (χ2n) is 8.83. The van der Waals surface area contributed by atoms with Crippen LogP contribution < -0.4 is 10.1 Å². The molecule has 0 aliphatic carbocycles. The van der Waals surface area contributed by atoms with Crippen LogP contribution >= 0.6 is 24.0 Å². The largest absolute Gasteiger partial charge is 0.493 e. The van der Waals surface area contributed by atoms with Gasteiger partial charge in [0.25, 0.3) is 0 Å². The molecule has 2 aliphatic heterocycles. The molecule has 3 rings (SSSR count). The summed E-state index contributed by atoms with van der Waals surface area (Å²) in [6.07, 6.45) is 0.928. The summed E-state index contributed by atoms with van der Waals surface area (Å²) in [7, 11) is 1.83. The highest BCUT2D eigenvalue weighted by Gasteiger charge is 2.24. The van der Waals surface area contributed by atoms with Gasteiger partial charge in [-0.2, -0.15) is 0 Å². The highest BCUT2D eigenvalue weighted by Crippen LogP contribution is 2.13. The van der Waals surface area contributed by atoms with Crippen LogP contribution in [-0.2, 0) is 16.0 Å². The van der Waals surface area contributed by atoms with E-state index in [2.05, 4.69) is 46.1 Å². The maximum Gasteiger partial charge on any atom is 0.236 e. The van der Waals surface area contributed by atoms with Crippen LogP contribution in [0.15, 0.2) is 29.3 Å². The molecule has 1 aromatic carbocycles. The first-order chi connectivity index (χ1) is 15.5. The zero-order chi connectivity index (χ0) is 22.8. The number of hydrogen-bond acceptors (Lipinski definition) is 5. The minimum atomic E-state index is 0. The SMILES string of the molecule is CN=C(NCCc1ccc(OCC(C)C)cc1)N1CCN(CC(=O)N2CCOCC2)CC1.I. The van der Waals surface area contributed by atoms with Gasteiger partial charge in [0.2, 0.25) is 5.91 Å². The Bertz CT molecular complexity index is 730. The highest BCUT2D eigenvalue weighted by atomic mass is 127. The van der Waals surface area contributed by atoms with Crippen LogP contribution in [0.25, 0.3) is 0 Å². The van der Waals surface area contributed by atoms with Gasteiger partial charge in [-0.3, -0.25) is 14.7 Å². The number of morpholine rings is 1. The lowest BCUT2D eigenvalue weighted by atomic mass is 10.1. The predicted octanol–water partition coefficient (Wildman–Crippen LogP) is 1.93. The number of benzene rings is 1. The molecule has 0 saturated carbocycles. The molecule has 186 valence electrons. The predicted molar refractivity (Wildman–Crippen MR) is 143 cm³/mol. The first-order valence-electron chi connectivity index (χ1n) is 11.8. The van der Waals surface area contributed by atoms with Gasteiger partial charge in [0.15, 0.2) is 5.96 Å². The summed E-state index contributed by atoms with van der Waals surface area (Å²) >= 11 is 0. The van der Waals surface area contributed by atoms with Gasteiger partial charge in [0.1, 0.15) is 5.75 Å². The molecular weight excluding hydrogens is 533 g/mol. The van der Waals surface area contributed by atoms with Crippen molar-refractivity contribution in [3.8, 4) is 5.75 Å². The third kappa shape index (κ3) is 9.29. The zero-order valence-electron chi connectivity index (χ0n) is 20.3. The van der Waals surface area contributed by atoms with Gasteiger partial charge < -0.3 is 24.6 Å². The number of piperazine rings is 1. The summed E-state index contributed by atoms with van der Waals surface area (Å²) in [5.74, 6) is 2.60. The van der Waals surface area contributed by atoms with Crippen molar-refractivity contribution < 1.29 is 14.3 Å². The number of guanidine groups is 1. The van der Waals surface area contributed by atoms with Crippen LogP contribution in [-0.4, -0.2) is 106 Å². The first kappa shape index (κ1) is 27.7. The van der Waals surface area contributed by atoms with Crippen molar-refractivity contribution in [2.45, 2.75) is 20.3 Å². The Kier molecular flexibility index (Phi) is 12.3. The Labute approximate surface area is 215 Å². The first-order valence-corrected chi connectivity index (χ1v) is 11.8. The van der Waals surface area contributed by atoms with E-state index in [1.165, 1.54) is 5.56 Å². The maximum absolute atomic E-state index is 12.5. The van der Waals surface area contributed by atoms with Gasteiger partial charge in [-0.05, 0) is 30.0 Å². The summed E-state index contributed by atoms with van der Waals surface area (Å²) in [6.45, 7) is 12.6. The molecule has 0 aromatic heterocycles. The second kappa shape index (κ2) is 14.6. The van der Waals surface area contributed by atoms with Crippen LogP contribution in [0.2, 0.25) is 0 Å². The van der Waals surface area contributed by atoms with Crippen molar-refractivity contribution in [2.75, 3.05) is 79.2 Å². The Morgan fingerprint density at radius 1 is 1.06 bits per heavy atom. The third-order valence-electron chi connectivity index (χ3n) is 5.81. The number of aliphatic imine (C=N–C) groups is 1. The Morgan fingerprint density at radius 2 is 1.73 bits per heavy atom. The molecular formula is C24H40IN5O3. The standard InChI is InChI=1S/C24H39N5O3.HI/c1-20(2)19-32-22-6-4-21(5-7-22)8-9-26-24(25-3)29-12-10-27(11-13-29)18-23(30)28-14-16-31-17-15-28;/h4-7,20H,8-19H2,1-3H3,(H,25,26);1H. The molecule has 0 spiro atoms. The van der Waals surface area contributed by atoms with Gasteiger partial charge in [0.05, 0.1) is 26.4 Å². The number of halogens is 1. The smallest absolute Gasteiger partial charge is 0.236 e. The molecule has 2 saturated heterocycles. The number of amides is 1. The molecule has 0 unspecified atom stereocenters.